The Kier molecular flexibility index (Phi) is 10.2. The summed E-state index contributed by atoms with van der Waals surface area (Å²) in [6.45, 7) is 7.78. The van der Waals surface area contributed by atoms with Gasteiger partial charge in [0.05, 0.1) is 31.4 Å². The number of hydrogen-bond donors (Lipinski definition) is 1. The number of ether oxygens (including phenoxy) is 3. The molecule has 1 aliphatic heterocycles. The number of aromatic nitrogens is 2. The van der Waals surface area contributed by atoms with Gasteiger partial charge in [0.1, 0.15) is 6.73 Å². The molecule has 1 saturated heterocycles. The molecule has 9 heteroatoms. The first kappa shape index (κ1) is 29.2. The van der Waals surface area contributed by atoms with Crippen LogP contribution >= 0.6 is 0 Å². The Hall–Kier alpha value is -2.75. The largest absolute Gasteiger partial charge is 0.381 e. The number of rotatable bonds is 14. The Morgan fingerprint density at radius 3 is 2.51 bits per heavy atom. The fraction of sp³-hybridized carbons (Fsp3) is 0.633. The molecule has 39 heavy (non-hydrogen) atoms. The summed E-state index contributed by atoms with van der Waals surface area (Å²) in [5.74, 6) is -0.0524. The van der Waals surface area contributed by atoms with Gasteiger partial charge in [0.15, 0.2) is 0 Å². The SMILES string of the molecule is CCCCOC[C@]12CC[C@@H](n3cc(C)c(=O)n(COCc4ccccc4)c3=O)C(NC(=O)C1)C2OCCCC. The van der Waals surface area contributed by atoms with Gasteiger partial charge in [-0.05, 0) is 38.2 Å². The second-order valence-electron chi connectivity index (χ2n) is 11.0. The lowest BCUT2D eigenvalue weighted by molar-refractivity contribution is -0.167. The van der Waals surface area contributed by atoms with Gasteiger partial charge in [0.2, 0.25) is 5.91 Å². The van der Waals surface area contributed by atoms with E-state index in [9.17, 15) is 14.4 Å². The number of benzene rings is 1. The van der Waals surface area contributed by atoms with Crippen molar-refractivity contribution in [2.24, 2.45) is 5.41 Å². The van der Waals surface area contributed by atoms with Crippen molar-refractivity contribution in [2.75, 3.05) is 19.8 Å². The smallest absolute Gasteiger partial charge is 0.333 e. The molecule has 0 spiro atoms. The van der Waals surface area contributed by atoms with Crippen LogP contribution < -0.4 is 16.6 Å². The molecule has 4 atom stereocenters. The Morgan fingerprint density at radius 2 is 1.77 bits per heavy atom. The molecule has 2 bridgehead atoms. The van der Waals surface area contributed by atoms with Crippen LogP contribution in [0.25, 0.3) is 0 Å². The van der Waals surface area contributed by atoms with E-state index in [4.69, 9.17) is 14.2 Å². The summed E-state index contributed by atoms with van der Waals surface area (Å²) in [4.78, 5) is 39.6. The first-order valence-corrected chi connectivity index (χ1v) is 14.3. The third kappa shape index (κ3) is 6.70. The zero-order valence-corrected chi connectivity index (χ0v) is 23.5. The number of unbranched alkanes of at least 4 members (excludes halogenated alkanes) is 2. The molecular formula is C30H43N3O6. The number of carbonyl (C=O) groups excluding carboxylic acids is 1. The van der Waals surface area contributed by atoms with Crippen molar-refractivity contribution in [1.82, 2.24) is 14.5 Å². The van der Waals surface area contributed by atoms with Gasteiger partial charge < -0.3 is 19.5 Å². The minimum Gasteiger partial charge on any atom is -0.381 e. The number of piperidine rings is 1. The molecule has 214 valence electrons. The lowest BCUT2D eigenvalue weighted by atomic mass is 9.64. The van der Waals surface area contributed by atoms with E-state index in [1.807, 2.05) is 30.3 Å². The van der Waals surface area contributed by atoms with Crippen LogP contribution in [0.5, 0.6) is 0 Å². The molecule has 2 heterocycles. The van der Waals surface area contributed by atoms with Gasteiger partial charge in [0, 0.05) is 36.8 Å². The van der Waals surface area contributed by atoms with E-state index in [1.54, 1.807) is 17.7 Å². The number of fused-ring (bicyclic) bond motifs is 2. The first-order valence-electron chi connectivity index (χ1n) is 14.3. The van der Waals surface area contributed by atoms with Crippen LogP contribution in [0.3, 0.4) is 0 Å². The summed E-state index contributed by atoms with van der Waals surface area (Å²) in [6, 6.07) is 8.87. The van der Waals surface area contributed by atoms with Gasteiger partial charge in [-0.25, -0.2) is 9.36 Å². The standard InChI is InChI=1S/C30H43N3O6/c1-4-6-15-37-20-30-14-13-24(26(31-25(34)17-30)27(30)39-16-7-5-2)32-18-22(3)28(35)33(29(32)36)21-38-19-23-11-9-8-10-12-23/h8-12,18,24,26-27H,4-7,13-17,19-21H2,1-3H3,(H,31,34)/t24-,26?,27?,30+/m1/s1. The first-order chi connectivity index (χ1) is 18.9. The van der Waals surface area contributed by atoms with Crippen molar-refractivity contribution in [3.8, 4) is 0 Å². The Morgan fingerprint density at radius 1 is 1.03 bits per heavy atom. The summed E-state index contributed by atoms with van der Waals surface area (Å²) in [6.07, 6.45) is 6.97. The number of hydrogen-bond acceptors (Lipinski definition) is 6. The quantitative estimate of drug-likeness (QED) is 0.366. The maximum absolute atomic E-state index is 13.7. The van der Waals surface area contributed by atoms with E-state index in [0.29, 0.717) is 44.6 Å². The highest BCUT2D eigenvalue weighted by Gasteiger charge is 2.55. The van der Waals surface area contributed by atoms with Crippen LogP contribution in [0.4, 0.5) is 0 Å². The predicted octanol–water partition coefficient (Wildman–Crippen LogP) is 3.70. The van der Waals surface area contributed by atoms with E-state index >= 15 is 0 Å². The summed E-state index contributed by atoms with van der Waals surface area (Å²) in [7, 11) is 0. The van der Waals surface area contributed by atoms with E-state index in [1.165, 1.54) is 0 Å². The van der Waals surface area contributed by atoms with Crippen molar-refractivity contribution in [1.29, 1.82) is 0 Å². The molecule has 1 saturated carbocycles. The van der Waals surface area contributed by atoms with Gasteiger partial charge in [-0.2, -0.15) is 0 Å². The van der Waals surface area contributed by atoms with Crippen LogP contribution in [0.1, 0.15) is 76.0 Å². The molecule has 1 aromatic heterocycles. The van der Waals surface area contributed by atoms with Crippen LogP contribution in [0.2, 0.25) is 0 Å². The average Bonchev–Trinajstić information content (AvgIpc) is 2.92. The van der Waals surface area contributed by atoms with Crippen molar-refractivity contribution in [3.05, 3.63) is 68.5 Å². The van der Waals surface area contributed by atoms with E-state index in [0.717, 1.165) is 35.8 Å². The summed E-state index contributed by atoms with van der Waals surface area (Å²) < 4.78 is 21.1. The molecule has 1 N–H and O–H groups in total. The van der Waals surface area contributed by atoms with Crippen LogP contribution in [-0.2, 0) is 32.3 Å². The Balaban J connectivity index is 1.61. The average molecular weight is 542 g/mol. The second kappa shape index (κ2) is 13.5. The van der Waals surface area contributed by atoms with Crippen molar-refractivity contribution in [2.45, 2.75) is 97.2 Å². The lowest BCUT2D eigenvalue weighted by Gasteiger charge is -2.54. The maximum atomic E-state index is 13.7. The molecule has 2 aromatic rings. The molecule has 9 nitrogen and oxygen atoms in total. The zero-order valence-electron chi connectivity index (χ0n) is 23.5. The number of aryl methyl sites for hydroxylation is 1. The molecule has 2 unspecified atom stereocenters. The Bertz CT molecular complexity index is 1210. The number of nitrogens with zero attached hydrogens (tertiary/aromatic N) is 2. The van der Waals surface area contributed by atoms with Crippen molar-refractivity contribution >= 4 is 5.91 Å². The minimum absolute atomic E-state index is 0.0524. The molecular weight excluding hydrogens is 498 g/mol. The van der Waals surface area contributed by atoms with E-state index in [-0.39, 0.29) is 36.9 Å². The van der Waals surface area contributed by atoms with Crippen LogP contribution in [0, 0.1) is 12.3 Å². The fourth-order valence-electron chi connectivity index (χ4n) is 5.87. The van der Waals surface area contributed by atoms with Gasteiger partial charge in [-0.3, -0.25) is 14.2 Å². The van der Waals surface area contributed by atoms with Gasteiger partial charge >= 0.3 is 5.69 Å². The molecule has 1 aliphatic carbocycles. The molecule has 1 amide bonds. The number of carbonyl (C=O) groups is 1. The minimum atomic E-state index is -0.442. The third-order valence-corrected chi connectivity index (χ3v) is 8.01. The van der Waals surface area contributed by atoms with Gasteiger partial charge in [0.25, 0.3) is 5.56 Å². The van der Waals surface area contributed by atoms with E-state index in [2.05, 4.69) is 19.2 Å². The highest BCUT2D eigenvalue weighted by molar-refractivity contribution is 5.78. The topological polar surface area (TPSA) is 101 Å². The number of nitrogens with one attached hydrogen (secondary N) is 1. The zero-order chi connectivity index (χ0) is 27.8. The van der Waals surface area contributed by atoms with Crippen molar-refractivity contribution < 1.29 is 19.0 Å². The third-order valence-electron chi connectivity index (χ3n) is 8.01. The summed E-state index contributed by atoms with van der Waals surface area (Å²) >= 11 is 0. The monoisotopic (exact) mass is 541 g/mol. The summed E-state index contributed by atoms with van der Waals surface area (Å²) in [5.41, 5.74) is 0.157. The molecule has 0 radical (unpaired) electrons. The highest BCUT2D eigenvalue weighted by Crippen LogP contribution is 2.48. The normalized spacial score (nSPS) is 24.5. The van der Waals surface area contributed by atoms with E-state index < -0.39 is 17.1 Å². The van der Waals surface area contributed by atoms with Gasteiger partial charge in [-0.1, -0.05) is 57.0 Å². The fourth-order valence-corrected chi connectivity index (χ4v) is 5.87. The maximum Gasteiger partial charge on any atom is 0.333 e. The summed E-state index contributed by atoms with van der Waals surface area (Å²) in [5, 5.41) is 3.15. The Labute approximate surface area is 230 Å². The van der Waals surface area contributed by atoms with Crippen molar-refractivity contribution in [3.63, 3.8) is 0 Å². The molecule has 1 aromatic carbocycles. The number of amides is 1. The lowest BCUT2D eigenvalue weighted by Crippen LogP contribution is -2.67. The second-order valence-corrected chi connectivity index (χ2v) is 11.0. The molecule has 2 aliphatic rings. The predicted molar refractivity (Wildman–Crippen MR) is 149 cm³/mol. The van der Waals surface area contributed by atoms with Gasteiger partial charge in [-0.15, -0.1) is 0 Å². The van der Waals surface area contributed by atoms with Crippen LogP contribution in [-0.4, -0.2) is 47.0 Å². The molecule has 4 rings (SSSR count). The molecule has 2 fully saturated rings. The van der Waals surface area contributed by atoms with Crippen LogP contribution in [0.15, 0.2) is 46.1 Å². The highest BCUT2D eigenvalue weighted by atomic mass is 16.5.